The Balaban J connectivity index is 1.06. The first-order valence-electron chi connectivity index (χ1n) is 15.8. The van der Waals surface area contributed by atoms with Gasteiger partial charge in [0.2, 0.25) is 11.5 Å². The molecule has 1 N–H and O–H groups in total. The van der Waals surface area contributed by atoms with E-state index in [4.69, 9.17) is 0 Å². The van der Waals surface area contributed by atoms with E-state index in [2.05, 4.69) is 63.9 Å². The van der Waals surface area contributed by atoms with Crippen LogP contribution >= 0.6 is 0 Å². The number of hydrogen-bond acceptors (Lipinski definition) is 5. The molecule has 0 unspecified atom stereocenters. The lowest BCUT2D eigenvalue weighted by Gasteiger charge is -2.59. The van der Waals surface area contributed by atoms with Gasteiger partial charge in [-0.25, -0.2) is 0 Å². The van der Waals surface area contributed by atoms with Gasteiger partial charge in [-0.05, 0) is 108 Å². The number of aromatic amines is 1. The van der Waals surface area contributed by atoms with E-state index in [0.717, 1.165) is 69.7 Å². The van der Waals surface area contributed by atoms with Gasteiger partial charge in [0.1, 0.15) is 0 Å². The maximum Gasteiger partial charge on any atom is 0.248 e. The fraction of sp³-hybridized carbons (Fsp3) is 0.618. The molecule has 2 bridgehead atoms. The van der Waals surface area contributed by atoms with Crippen molar-refractivity contribution < 1.29 is 4.79 Å². The second kappa shape index (κ2) is 13.5. The summed E-state index contributed by atoms with van der Waals surface area (Å²) in [6, 6.07) is 9.78. The number of unbranched alkanes of at least 4 members (excludes halogenated alkanes) is 5. The van der Waals surface area contributed by atoms with Crippen LogP contribution in [0.4, 0.5) is 0 Å². The number of nitrogens with one attached hydrogen (secondary N) is 1. The van der Waals surface area contributed by atoms with Crippen LogP contribution in [0.1, 0.15) is 81.7 Å². The Labute approximate surface area is 246 Å². The van der Waals surface area contributed by atoms with Crippen molar-refractivity contribution in [3.8, 4) is 0 Å². The van der Waals surface area contributed by atoms with Gasteiger partial charge in [0.25, 0.3) is 0 Å². The summed E-state index contributed by atoms with van der Waals surface area (Å²) in [4.78, 5) is 40.4. The molecule has 2 aromatic heterocycles. The van der Waals surface area contributed by atoms with Gasteiger partial charge in [0.05, 0.1) is 17.8 Å². The molecule has 7 nitrogen and oxygen atoms in total. The zero-order valence-corrected chi connectivity index (χ0v) is 25.4. The third kappa shape index (κ3) is 6.83. The van der Waals surface area contributed by atoms with Crippen LogP contribution in [0, 0.1) is 11.8 Å². The molecule has 1 fully saturated rings. The zero-order chi connectivity index (χ0) is 28.8. The van der Waals surface area contributed by atoms with Gasteiger partial charge < -0.3 is 14.8 Å². The van der Waals surface area contributed by atoms with Gasteiger partial charge in [-0.2, -0.15) is 0 Å². The highest BCUT2D eigenvalue weighted by Gasteiger charge is 2.56. The number of nitrogens with zero attached hydrogens (tertiary/aromatic N) is 4. The summed E-state index contributed by atoms with van der Waals surface area (Å²) in [5.41, 5.74) is 4.37. The highest BCUT2D eigenvalue weighted by atomic mass is 16.2. The summed E-state index contributed by atoms with van der Waals surface area (Å²) in [7, 11) is 4.27. The van der Waals surface area contributed by atoms with Crippen molar-refractivity contribution in [2.24, 2.45) is 11.8 Å². The second-order valence-electron chi connectivity index (χ2n) is 12.9. The van der Waals surface area contributed by atoms with Crippen molar-refractivity contribution in [2.45, 2.75) is 83.2 Å². The number of allylic oxidation sites excluding steroid dienone is 1. The predicted octanol–water partition coefficient (Wildman–Crippen LogP) is 5.13. The molecule has 0 aromatic carbocycles. The molecule has 5 rings (SSSR count). The summed E-state index contributed by atoms with van der Waals surface area (Å²) in [6.45, 7) is 6.45. The van der Waals surface area contributed by atoms with Crippen LogP contribution in [-0.2, 0) is 23.3 Å². The number of carbonyl (C=O) groups excluding carboxylic acids is 1. The minimum atomic E-state index is -0.316. The van der Waals surface area contributed by atoms with E-state index in [1.54, 1.807) is 6.07 Å². The number of fused-ring (bicyclic) bond motifs is 1. The van der Waals surface area contributed by atoms with Gasteiger partial charge in [-0.3, -0.25) is 19.5 Å². The van der Waals surface area contributed by atoms with E-state index in [-0.39, 0.29) is 17.0 Å². The van der Waals surface area contributed by atoms with Crippen LogP contribution in [0.3, 0.4) is 0 Å². The van der Waals surface area contributed by atoms with E-state index in [1.807, 2.05) is 18.3 Å². The number of H-pyrrole nitrogens is 1. The molecule has 1 saturated heterocycles. The number of aromatic nitrogens is 2. The maximum absolute atomic E-state index is 13.9. The molecule has 1 aliphatic heterocycles. The first-order valence-corrected chi connectivity index (χ1v) is 15.8. The number of pyridine rings is 2. The lowest BCUT2D eigenvalue weighted by atomic mass is 9.56. The van der Waals surface area contributed by atoms with Crippen LogP contribution in [0.25, 0.3) is 0 Å². The number of likely N-dealkylation sites (N-methyl/N-ethyl adjacent to an activating group) is 1. The van der Waals surface area contributed by atoms with Gasteiger partial charge >= 0.3 is 0 Å². The highest BCUT2D eigenvalue weighted by Crippen LogP contribution is 2.56. The second-order valence-corrected chi connectivity index (χ2v) is 12.9. The van der Waals surface area contributed by atoms with Crippen LogP contribution in [0.2, 0.25) is 0 Å². The summed E-state index contributed by atoms with van der Waals surface area (Å²) < 4.78 is 0. The Bertz CT molecular complexity index is 1260. The lowest BCUT2D eigenvalue weighted by molar-refractivity contribution is -0.149. The van der Waals surface area contributed by atoms with Crippen molar-refractivity contribution in [2.75, 3.05) is 40.3 Å². The standard InChI is InChI=1S/C34H49N5O2/c1-26-21-27-22-31-30(15-16-32(40)36-31)34(23-26)29(27)14-12-20-39(34)33(41)25-38(3)19-11-7-5-4-6-10-18-37(2)24-28-13-8-9-17-35-28/h8-9,13,15-17,21,27,29H,4-7,10-12,14,18-20,22-25H2,1-3H3,(H,36,40)/t27-,29+,34+/m0/s1. The van der Waals surface area contributed by atoms with Gasteiger partial charge in [0, 0.05) is 31.0 Å². The Hall–Kier alpha value is -2.77. The van der Waals surface area contributed by atoms with Gasteiger partial charge in [0.15, 0.2) is 0 Å². The summed E-state index contributed by atoms with van der Waals surface area (Å²) in [6.07, 6.45) is 15.6. The molecule has 2 aliphatic carbocycles. The maximum atomic E-state index is 13.9. The van der Waals surface area contributed by atoms with Crippen LogP contribution in [0.5, 0.6) is 0 Å². The molecule has 0 saturated carbocycles. The van der Waals surface area contributed by atoms with Gasteiger partial charge in [-0.15, -0.1) is 0 Å². The Kier molecular flexibility index (Phi) is 9.76. The summed E-state index contributed by atoms with van der Waals surface area (Å²) >= 11 is 0. The van der Waals surface area contributed by atoms with Crippen molar-refractivity contribution >= 4 is 5.91 Å². The average Bonchev–Trinajstić information content (AvgIpc) is 2.94. The third-order valence-corrected chi connectivity index (χ3v) is 9.66. The van der Waals surface area contributed by atoms with Crippen molar-refractivity contribution in [1.82, 2.24) is 24.7 Å². The number of carbonyl (C=O) groups is 1. The highest BCUT2D eigenvalue weighted by molar-refractivity contribution is 5.80. The lowest BCUT2D eigenvalue weighted by Crippen LogP contribution is -2.63. The van der Waals surface area contributed by atoms with Crippen molar-refractivity contribution in [3.05, 3.63) is 75.5 Å². The smallest absolute Gasteiger partial charge is 0.248 e. The van der Waals surface area contributed by atoms with Crippen LogP contribution in [-0.4, -0.2) is 70.8 Å². The Morgan fingerprint density at radius 2 is 1.80 bits per heavy atom. The molecule has 41 heavy (non-hydrogen) atoms. The van der Waals surface area contributed by atoms with Crippen LogP contribution in [0.15, 0.2) is 53.0 Å². The molecule has 222 valence electrons. The van der Waals surface area contributed by atoms with E-state index in [9.17, 15) is 9.59 Å². The Morgan fingerprint density at radius 1 is 1.05 bits per heavy atom. The molecule has 3 heterocycles. The molecule has 3 aliphatic rings. The normalized spacial score (nSPS) is 23.3. The molecular formula is C34H49N5O2. The molecule has 0 radical (unpaired) electrons. The Morgan fingerprint density at radius 3 is 2.56 bits per heavy atom. The SMILES string of the molecule is CC1=C[C@H]2Cc3[nH]c(=O)ccc3[C@@]3(C1)[C@@H]2CCCN3C(=O)CN(C)CCCCCCCCN(C)Cc1ccccn1. The monoisotopic (exact) mass is 559 g/mol. The van der Waals surface area contributed by atoms with E-state index in [0.29, 0.717) is 18.4 Å². The van der Waals surface area contributed by atoms with E-state index < -0.39 is 0 Å². The number of hydrogen-bond donors (Lipinski definition) is 1. The first-order chi connectivity index (χ1) is 19.9. The molecule has 7 heteroatoms. The number of rotatable bonds is 13. The minimum Gasteiger partial charge on any atom is -0.331 e. The van der Waals surface area contributed by atoms with Crippen molar-refractivity contribution in [1.29, 1.82) is 0 Å². The third-order valence-electron chi connectivity index (χ3n) is 9.66. The minimum absolute atomic E-state index is 0.0428. The number of piperidine rings is 1. The van der Waals surface area contributed by atoms with Crippen molar-refractivity contribution in [3.63, 3.8) is 0 Å². The molecular weight excluding hydrogens is 510 g/mol. The first kappa shape index (κ1) is 29.7. The molecule has 2 aromatic rings. The fourth-order valence-electron chi connectivity index (χ4n) is 7.89. The molecule has 0 spiro atoms. The van der Waals surface area contributed by atoms with Crippen LogP contribution < -0.4 is 5.56 Å². The zero-order valence-electron chi connectivity index (χ0n) is 25.4. The fourth-order valence-corrected chi connectivity index (χ4v) is 7.89. The number of amides is 1. The summed E-state index contributed by atoms with van der Waals surface area (Å²) in [5, 5.41) is 0. The molecule has 1 amide bonds. The topological polar surface area (TPSA) is 72.5 Å². The van der Waals surface area contributed by atoms with E-state index >= 15 is 0 Å². The largest absolute Gasteiger partial charge is 0.331 e. The average molecular weight is 560 g/mol. The predicted molar refractivity (Wildman–Crippen MR) is 165 cm³/mol. The molecule has 3 atom stereocenters. The quantitative estimate of drug-likeness (QED) is 0.272. The van der Waals surface area contributed by atoms with E-state index in [1.165, 1.54) is 43.2 Å². The van der Waals surface area contributed by atoms with Gasteiger partial charge in [-0.1, -0.05) is 43.4 Å². The number of likely N-dealkylation sites (tertiary alicyclic amines) is 1. The summed E-state index contributed by atoms with van der Waals surface area (Å²) in [5.74, 6) is 1.06.